The molecule has 1 amide bonds. The van der Waals surface area contributed by atoms with Gasteiger partial charge in [0, 0.05) is 12.2 Å². The number of carbonyl (C=O) groups excluding carboxylic acids is 1. The Morgan fingerprint density at radius 2 is 1.74 bits per heavy atom. The summed E-state index contributed by atoms with van der Waals surface area (Å²) in [4.78, 5) is 30.5. The SMILES string of the molecule is COc1ccc(Cn2c(SCCC(=O)NC(C)c3ccccc3)nc3ccccc3c2=O)cc1. The Balaban J connectivity index is 1.49. The first-order chi connectivity index (χ1) is 16.5. The maximum Gasteiger partial charge on any atom is 0.262 e. The molecule has 7 heteroatoms. The molecule has 1 unspecified atom stereocenters. The van der Waals surface area contributed by atoms with E-state index in [1.54, 1.807) is 17.7 Å². The van der Waals surface area contributed by atoms with E-state index in [0.717, 1.165) is 16.9 Å². The molecule has 0 saturated carbocycles. The van der Waals surface area contributed by atoms with Gasteiger partial charge in [0.15, 0.2) is 5.16 Å². The molecule has 34 heavy (non-hydrogen) atoms. The van der Waals surface area contributed by atoms with Crippen LogP contribution in [0.5, 0.6) is 5.75 Å². The molecule has 0 fully saturated rings. The van der Waals surface area contributed by atoms with E-state index in [2.05, 4.69) is 5.32 Å². The fourth-order valence-corrected chi connectivity index (χ4v) is 4.62. The number of fused-ring (bicyclic) bond motifs is 1. The van der Waals surface area contributed by atoms with Crippen molar-refractivity contribution in [3.05, 3.63) is 100 Å². The zero-order valence-corrected chi connectivity index (χ0v) is 20.0. The van der Waals surface area contributed by atoms with Crippen molar-refractivity contribution in [3.63, 3.8) is 0 Å². The minimum atomic E-state index is -0.0916. The summed E-state index contributed by atoms with van der Waals surface area (Å²) in [5, 5.41) is 4.21. The van der Waals surface area contributed by atoms with Gasteiger partial charge in [0.1, 0.15) is 5.75 Å². The van der Waals surface area contributed by atoms with Gasteiger partial charge >= 0.3 is 0 Å². The maximum atomic E-state index is 13.3. The van der Waals surface area contributed by atoms with Crippen LogP contribution in [0.25, 0.3) is 10.9 Å². The van der Waals surface area contributed by atoms with Gasteiger partial charge in [-0.2, -0.15) is 0 Å². The second-order valence-electron chi connectivity index (χ2n) is 7.95. The Bertz CT molecular complexity index is 1320. The lowest BCUT2D eigenvalue weighted by atomic mass is 10.1. The third-order valence-corrected chi connectivity index (χ3v) is 6.54. The van der Waals surface area contributed by atoms with E-state index in [4.69, 9.17) is 9.72 Å². The highest BCUT2D eigenvalue weighted by molar-refractivity contribution is 7.99. The molecule has 0 aliphatic heterocycles. The second kappa shape index (κ2) is 11.0. The van der Waals surface area contributed by atoms with Gasteiger partial charge in [-0.15, -0.1) is 0 Å². The van der Waals surface area contributed by atoms with Crippen LogP contribution in [0.3, 0.4) is 0 Å². The predicted molar refractivity (Wildman–Crippen MR) is 136 cm³/mol. The molecule has 1 atom stereocenters. The number of amides is 1. The molecule has 0 aliphatic rings. The van der Waals surface area contributed by atoms with Crippen LogP contribution < -0.4 is 15.6 Å². The lowest BCUT2D eigenvalue weighted by Gasteiger charge is -2.15. The quantitative estimate of drug-likeness (QED) is 0.279. The first-order valence-corrected chi connectivity index (χ1v) is 12.1. The molecular formula is C27H27N3O3S. The number of para-hydroxylation sites is 1. The van der Waals surface area contributed by atoms with Gasteiger partial charge < -0.3 is 10.1 Å². The van der Waals surface area contributed by atoms with E-state index in [1.807, 2.05) is 79.7 Å². The van der Waals surface area contributed by atoms with Gasteiger partial charge in [0.25, 0.3) is 5.56 Å². The van der Waals surface area contributed by atoms with E-state index < -0.39 is 0 Å². The number of rotatable bonds is 9. The highest BCUT2D eigenvalue weighted by atomic mass is 32.2. The van der Waals surface area contributed by atoms with Crippen molar-refractivity contribution < 1.29 is 9.53 Å². The number of thioether (sulfide) groups is 1. The first kappa shape index (κ1) is 23.6. The molecule has 3 aromatic carbocycles. The second-order valence-corrected chi connectivity index (χ2v) is 9.01. The summed E-state index contributed by atoms with van der Waals surface area (Å²) in [6, 6.07) is 24.8. The van der Waals surface area contributed by atoms with Crippen LogP contribution >= 0.6 is 11.8 Å². The first-order valence-electron chi connectivity index (χ1n) is 11.1. The van der Waals surface area contributed by atoms with Crippen LogP contribution in [0.2, 0.25) is 0 Å². The number of nitrogens with one attached hydrogen (secondary N) is 1. The van der Waals surface area contributed by atoms with Crippen molar-refractivity contribution in [2.24, 2.45) is 0 Å². The van der Waals surface area contributed by atoms with E-state index in [-0.39, 0.29) is 17.5 Å². The Kier molecular flexibility index (Phi) is 7.65. The summed E-state index contributed by atoms with van der Waals surface area (Å²) in [7, 11) is 1.62. The fraction of sp³-hybridized carbons (Fsp3) is 0.222. The van der Waals surface area contributed by atoms with Gasteiger partial charge in [0.2, 0.25) is 5.91 Å². The molecule has 6 nitrogen and oxygen atoms in total. The zero-order chi connectivity index (χ0) is 23.9. The molecule has 1 heterocycles. The molecule has 0 spiro atoms. The van der Waals surface area contributed by atoms with Crippen molar-refractivity contribution >= 4 is 28.6 Å². The Morgan fingerprint density at radius 1 is 1.03 bits per heavy atom. The van der Waals surface area contributed by atoms with Gasteiger partial charge in [-0.1, -0.05) is 66.4 Å². The Hall–Kier alpha value is -3.58. The monoisotopic (exact) mass is 473 g/mol. The van der Waals surface area contributed by atoms with Gasteiger partial charge in [-0.25, -0.2) is 4.98 Å². The minimum Gasteiger partial charge on any atom is -0.497 e. The Morgan fingerprint density at radius 3 is 2.47 bits per heavy atom. The molecule has 0 radical (unpaired) electrons. The van der Waals surface area contributed by atoms with E-state index in [9.17, 15) is 9.59 Å². The van der Waals surface area contributed by atoms with Crippen molar-refractivity contribution in [2.45, 2.75) is 31.1 Å². The third-order valence-electron chi connectivity index (χ3n) is 5.56. The predicted octanol–water partition coefficient (Wildman–Crippen LogP) is 4.81. The Labute approximate surface area is 203 Å². The number of hydrogen-bond donors (Lipinski definition) is 1. The largest absolute Gasteiger partial charge is 0.497 e. The van der Waals surface area contributed by atoms with Gasteiger partial charge in [-0.05, 0) is 42.3 Å². The van der Waals surface area contributed by atoms with Crippen molar-refractivity contribution in [1.29, 1.82) is 0 Å². The summed E-state index contributed by atoms with van der Waals surface area (Å²) in [5.74, 6) is 1.24. The number of aromatic nitrogens is 2. The third kappa shape index (κ3) is 5.66. The number of nitrogens with zero attached hydrogens (tertiary/aromatic N) is 2. The number of methoxy groups -OCH3 is 1. The van der Waals surface area contributed by atoms with Gasteiger partial charge in [0.05, 0.1) is 30.6 Å². The van der Waals surface area contributed by atoms with Crippen LogP contribution in [-0.4, -0.2) is 28.3 Å². The number of carbonyl (C=O) groups is 1. The minimum absolute atomic E-state index is 0.0336. The summed E-state index contributed by atoms with van der Waals surface area (Å²) in [5.41, 5.74) is 2.60. The molecular weight excluding hydrogens is 446 g/mol. The molecule has 0 aliphatic carbocycles. The molecule has 0 bridgehead atoms. The maximum absolute atomic E-state index is 13.3. The molecule has 1 aromatic heterocycles. The van der Waals surface area contributed by atoms with Crippen LogP contribution in [0, 0.1) is 0 Å². The summed E-state index contributed by atoms with van der Waals surface area (Å²) in [6.07, 6.45) is 0.326. The van der Waals surface area contributed by atoms with Crippen molar-refractivity contribution in [1.82, 2.24) is 14.9 Å². The number of ether oxygens (including phenoxy) is 1. The molecule has 4 aromatic rings. The average molecular weight is 474 g/mol. The molecule has 4 rings (SSSR count). The smallest absolute Gasteiger partial charge is 0.262 e. The van der Waals surface area contributed by atoms with E-state index in [1.165, 1.54) is 11.8 Å². The lowest BCUT2D eigenvalue weighted by Crippen LogP contribution is -2.27. The molecule has 1 N–H and O–H groups in total. The standard InChI is InChI=1S/C27H27N3O3S/c1-19(21-8-4-3-5-9-21)28-25(31)16-17-34-27-29-24-11-7-6-10-23(24)26(32)30(27)18-20-12-14-22(33-2)15-13-20/h3-15,19H,16-18H2,1-2H3,(H,28,31). The highest BCUT2D eigenvalue weighted by Gasteiger charge is 2.14. The van der Waals surface area contributed by atoms with Crippen LogP contribution in [-0.2, 0) is 11.3 Å². The average Bonchev–Trinajstić information content (AvgIpc) is 2.87. The van der Waals surface area contributed by atoms with Crippen LogP contribution in [0.4, 0.5) is 0 Å². The number of benzene rings is 3. The summed E-state index contributed by atoms with van der Waals surface area (Å²) < 4.78 is 6.91. The number of hydrogen-bond acceptors (Lipinski definition) is 5. The van der Waals surface area contributed by atoms with E-state index in [0.29, 0.717) is 34.8 Å². The van der Waals surface area contributed by atoms with Crippen LogP contribution in [0.1, 0.15) is 30.5 Å². The van der Waals surface area contributed by atoms with Crippen molar-refractivity contribution in [2.75, 3.05) is 12.9 Å². The van der Waals surface area contributed by atoms with Gasteiger partial charge in [-0.3, -0.25) is 14.2 Å². The summed E-state index contributed by atoms with van der Waals surface area (Å²) >= 11 is 1.42. The zero-order valence-electron chi connectivity index (χ0n) is 19.2. The fourth-order valence-electron chi connectivity index (χ4n) is 3.68. The molecule has 0 saturated heterocycles. The van der Waals surface area contributed by atoms with Crippen molar-refractivity contribution in [3.8, 4) is 5.75 Å². The molecule has 174 valence electrons. The summed E-state index contributed by atoms with van der Waals surface area (Å²) in [6.45, 7) is 2.36. The highest BCUT2D eigenvalue weighted by Crippen LogP contribution is 2.21. The normalized spacial score (nSPS) is 11.8. The topological polar surface area (TPSA) is 73.2 Å². The van der Waals surface area contributed by atoms with Crippen LogP contribution in [0.15, 0.2) is 88.8 Å². The van der Waals surface area contributed by atoms with E-state index >= 15 is 0 Å². The lowest BCUT2D eigenvalue weighted by molar-refractivity contribution is -0.121.